The van der Waals surface area contributed by atoms with E-state index in [2.05, 4.69) is 44.0 Å². The quantitative estimate of drug-likeness (QED) is 0.621. The monoisotopic (exact) mass is 438 g/mol. The van der Waals surface area contributed by atoms with Crippen LogP contribution >= 0.6 is 8.58 Å². The number of amides is 1. The fourth-order valence-corrected chi connectivity index (χ4v) is 5.80. The van der Waals surface area contributed by atoms with Crippen LogP contribution in [0.2, 0.25) is 0 Å². The smallest absolute Gasteiger partial charge is 0.252 e. The second-order valence-corrected chi connectivity index (χ2v) is 9.84. The van der Waals surface area contributed by atoms with Gasteiger partial charge < -0.3 is 14.4 Å². The molecule has 0 bridgehead atoms. The van der Waals surface area contributed by atoms with E-state index in [9.17, 15) is 4.79 Å². The second-order valence-electron chi connectivity index (χ2n) is 8.46. The number of carbonyl (C=O) groups is 1. The highest BCUT2D eigenvalue weighted by molar-refractivity contribution is 7.51. The fraction of sp³-hybridized carbons (Fsp3) is 0.400. The maximum Gasteiger partial charge on any atom is 0.252 e. The summed E-state index contributed by atoms with van der Waals surface area (Å²) in [5, 5.41) is 1.06. The molecule has 4 rings (SSSR count). The highest BCUT2D eigenvalue weighted by atomic mass is 31.1. The molecule has 0 spiro atoms. The normalized spacial score (nSPS) is 22.6. The highest BCUT2D eigenvalue weighted by Gasteiger charge is 2.32. The summed E-state index contributed by atoms with van der Waals surface area (Å²) < 4.78 is 10.8. The number of methoxy groups -OCH3 is 2. The number of allylic oxidation sites excluding steroid dienone is 2. The molecule has 164 valence electrons. The number of hydrogen-bond donors (Lipinski definition) is 0. The molecule has 3 aliphatic rings. The maximum atomic E-state index is 13.1. The Morgan fingerprint density at radius 2 is 1.90 bits per heavy atom. The Morgan fingerprint density at radius 3 is 2.55 bits per heavy atom. The molecule has 2 atom stereocenters. The van der Waals surface area contributed by atoms with Gasteiger partial charge in [0.05, 0.1) is 20.0 Å². The molecular formula is C25H31N2O3P. The van der Waals surface area contributed by atoms with Gasteiger partial charge in [0, 0.05) is 31.4 Å². The SMILES string of the molecule is COc1ccc(C2=CC(=O)N3C=C(C4=CCN(C(C)C)CC4)C=C(C)C3P2)cc1OC. The van der Waals surface area contributed by atoms with Crippen LogP contribution in [0.3, 0.4) is 0 Å². The van der Waals surface area contributed by atoms with E-state index in [0.717, 1.165) is 30.4 Å². The third-order valence-corrected chi connectivity index (χ3v) is 7.97. The summed E-state index contributed by atoms with van der Waals surface area (Å²) in [7, 11) is 3.74. The van der Waals surface area contributed by atoms with Crippen molar-refractivity contribution >= 4 is 19.8 Å². The van der Waals surface area contributed by atoms with Crippen molar-refractivity contribution in [1.82, 2.24) is 9.80 Å². The van der Waals surface area contributed by atoms with Gasteiger partial charge in [0.15, 0.2) is 11.5 Å². The third kappa shape index (κ3) is 4.35. The minimum atomic E-state index is 0.0405. The summed E-state index contributed by atoms with van der Waals surface area (Å²) >= 11 is 0. The molecule has 3 heterocycles. The lowest BCUT2D eigenvalue weighted by molar-refractivity contribution is -0.123. The van der Waals surface area contributed by atoms with Gasteiger partial charge in [0.2, 0.25) is 0 Å². The van der Waals surface area contributed by atoms with Crippen LogP contribution in [-0.2, 0) is 4.79 Å². The van der Waals surface area contributed by atoms with Crippen molar-refractivity contribution in [3.05, 3.63) is 64.9 Å². The van der Waals surface area contributed by atoms with Gasteiger partial charge in [-0.05, 0) is 66.9 Å². The molecule has 1 aromatic carbocycles. The standard InChI is InChI=1S/C25H31N2O3P/c1-16(2)26-10-8-18(9-11-26)20-12-17(3)25-27(15-20)24(28)14-23(31-25)19-6-7-21(29-4)22(13-19)30-5/h6-8,12-16,25,31H,9-11H2,1-5H3. The van der Waals surface area contributed by atoms with E-state index in [1.165, 1.54) is 16.7 Å². The molecule has 0 saturated carbocycles. The number of rotatable bonds is 5. The van der Waals surface area contributed by atoms with Crippen LogP contribution in [0.25, 0.3) is 5.31 Å². The number of ether oxygens (including phenoxy) is 2. The molecule has 0 aromatic heterocycles. The predicted molar refractivity (Wildman–Crippen MR) is 128 cm³/mol. The van der Waals surface area contributed by atoms with Crippen LogP contribution in [0.5, 0.6) is 11.5 Å². The molecule has 1 amide bonds. The molecule has 5 nitrogen and oxygen atoms in total. The summed E-state index contributed by atoms with van der Waals surface area (Å²) in [6.07, 6.45) is 9.46. The number of fused-ring (bicyclic) bond motifs is 1. The first-order chi connectivity index (χ1) is 14.9. The van der Waals surface area contributed by atoms with Gasteiger partial charge in [-0.2, -0.15) is 0 Å². The number of carbonyl (C=O) groups excluding carboxylic acids is 1. The van der Waals surface area contributed by atoms with Crippen molar-refractivity contribution in [2.45, 2.75) is 39.0 Å². The molecule has 2 unspecified atom stereocenters. The van der Waals surface area contributed by atoms with Gasteiger partial charge >= 0.3 is 0 Å². The van der Waals surface area contributed by atoms with Crippen molar-refractivity contribution in [2.75, 3.05) is 27.3 Å². The van der Waals surface area contributed by atoms with Crippen LogP contribution in [0.1, 0.15) is 32.8 Å². The van der Waals surface area contributed by atoms with Crippen molar-refractivity contribution in [3.63, 3.8) is 0 Å². The lowest BCUT2D eigenvalue weighted by atomic mass is 9.95. The number of nitrogens with zero attached hydrogens (tertiary/aromatic N) is 2. The largest absolute Gasteiger partial charge is 0.493 e. The zero-order valence-corrected chi connectivity index (χ0v) is 19.9. The van der Waals surface area contributed by atoms with Crippen molar-refractivity contribution < 1.29 is 14.3 Å². The summed E-state index contributed by atoms with van der Waals surface area (Å²) in [5.74, 6) is 1.50. The van der Waals surface area contributed by atoms with Gasteiger partial charge in [0.25, 0.3) is 5.91 Å². The van der Waals surface area contributed by atoms with E-state index < -0.39 is 0 Å². The minimum absolute atomic E-state index is 0.0405. The summed E-state index contributed by atoms with van der Waals surface area (Å²) in [6, 6.07) is 6.41. The first-order valence-corrected chi connectivity index (χ1v) is 11.9. The summed E-state index contributed by atoms with van der Waals surface area (Å²) in [4.78, 5) is 17.5. The van der Waals surface area contributed by atoms with Crippen LogP contribution in [0.4, 0.5) is 0 Å². The second kappa shape index (κ2) is 9.02. The molecule has 6 heteroatoms. The van der Waals surface area contributed by atoms with E-state index in [1.54, 1.807) is 20.3 Å². The van der Waals surface area contributed by atoms with Gasteiger partial charge in [0.1, 0.15) is 0 Å². The molecule has 0 fully saturated rings. The van der Waals surface area contributed by atoms with Gasteiger partial charge in [-0.3, -0.25) is 9.69 Å². The zero-order chi connectivity index (χ0) is 22.1. The van der Waals surface area contributed by atoms with Crippen molar-refractivity contribution in [1.29, 1.82) is 0 Å². The Kier molecular flexibility index (Phi) is 6.36. The topological polar surface area (TPSA) is 42.0 Å². The molecular weight excluding hydrogens is 407 g/mol. The molecule has 0 saturated heterocycles. The Bertz CT molecular complexity index is 1010. The maximum absolute atomic E-state index is 13.1. The fourth-order valence-electron chi connectivity index (χ4n) is 4.33. The number of hydrogen-bond acceptors (Lipinski definition) is 4. The lowest BCUT2D eigenvalue weighted by Crippen LogP contribution is -2.38. The van der Waals surface area contributed by atoms with E-state index in [0.29, 0.717) is 26.1 Å². The third-order valence-electron chi connectivity index (χ3n) is 6.22. The minimum Gasteiger partial charge on any atom is -0.493 e. The van der Waals surface area contributed by atoms with E-state index >= 15 is 0 Å². The van der Waals surface area contributed by atoms with E-state index in [-0.39, 0.29) is 11.7 Å². The number of benzene rings is 1. The van der Waals surface area contributed by atoms with Gasteiger partial charge in [-0.15, -0.1) is 0 Å². The molecule has 1 aromatic rings. The van der Waals surface area contributed by atoms with Crippen molar-refractivity contribution in [2.24, 2.45) is 0 Å². The zero-order valence-electron chi connectivity index (χ0n) is 18.9. The first-order valence-electron chi connectivity index (χ1n) is 10.8. The van der Waals surface area contributed by atoms with Gasteiger partial charge in [-0.25, -0.2) is 0 Å². The Morgan fingerprint density at radius 1 is 1.13 bits per heavy atom. The average molecular weight is 439 g/mol. The van der Waals surface area contributed by atoms with Gasteiger partial charge in [-0.1, -0.05) is 26.8 Å². The van der Waals surface area contributed by atoms with Crippen LogP contribution in [0, 0.1) is 0 Å². The average Bonchev–Trinajstić information content (AvgIpc) is 2.79. The van der Waals surface area contributed by atoms with E-state index in [4.69, 9.17) is 9.47 Å². The summed E-state index contributed by atoms with van der Waals surface area (Å²) in [6.45, 7) is 8.66. The first kappa shape index (κ1) is 21.9. The highest BCUT2D eigenvalue weighted by Crippen LogP contribution is 2.48. The Labute approximate surface area is 186 Å². The molecule has 3 aliphatic heterocycles. The van der Waals surface area contributed by atoms with E-state index in [1.807, 2.05) is 23.1 Å². The Balaban J connectivity index is 1.59. The van der Waals surface area contributed by atoms with Crippen LogP contribution in [0.15, 0.2) is 59.3 Å². The van der Waals surface area contributed by atoms with Crippen molar-refractivity contribution in [3.8, 4) is 11.5 Å². The molecule has 0 radical (unpaired) electrons. The molecule has 0 N–H and O–H groups in total. The van der Waals surface area contributed by atoms with Crippen LogP contribution in [-0.4, -0.2) is 54.8 Å². The lowest BCUT2D eigenvalue weighted by Gasteiger charge is -2.38. The Hall–Kier alpha value is -2.36. The predicted octanol–water partition coefficient (Wildman–Crippen LogP) is 4.78. The molecule has 31 heavy (non-hydrogen) atoms. The molecule has 0 aliphatic carbocycles. The van der Waals surface area contributed by atoms with Crippen LogP contribution < -0.4 is 9.47 Å². The summed E-state index contributed by atoms with van der Waals surface area (Å²) in [5.41, 5.74) is 4.77.